The Kier molecular flexibility index (Phi) is 5.72. The normalized spacial score (nSPS) is 15.4. The van der Waals surface area contributed by atoms with Gasteiger partial charge in [0.2, 0.25) is 5.28 Å². The lowest BCUT2D eigenvalue weighted by atomic mass is 10.1. The number of rotatable bonds is 1. The van der Waals surface area contributed by atoms with E-state index in [4.69, 9.17) is 11.6 Å². The number of fused-ring (bicyclic) bond motifs is 3. The minimum absolute atomic E-state index is 0. The minimum Gasteiger partial charge on any atom is -0.325 e. The number of aryl methyl sites for hydroxylation is 1. The molecular weight excluding hydrogens is 346 g/mol. The lowest BCUT2D eigenvalue weighted by Crippen LogP contribution is -1.99. The molecular formula is C18H21ClF2N4. The fraction of sp³-hybridized carbons (Fsp3) is 0.389. The average Bonchev–Trinajstić information content (AvgIpc) is 3.12. The molecule has 4 rings (SSSR count). The Balaban J connectivity index is 0.000000726. The molecule has 1 aliphatic rings. The van der Waals surface area contributed by atoms with Gasteiger partial charge >= 0.3 is 0 Å². The Bertz CT molecular complexity index is 908. The zero-order valence-corrected chi connectivity index (χ0v) is 14.4. The minimum atomic E-state index is -0.641. The first-order valence-corrected chi connectivity index (χ1v) is 8.31. The summed E-state index contributed by atoms with van der Waals surface area (Å²) in [5.74, 6) is -0.271. The molecule has 0 saturated heterocycles. The highest BCUT2D eigenvalue weighted by atomic mass is 35.5. The largest absolute Gasteiger partial charge is 0.325 e. The first kappa shape index (κ1) is 19.2. The predicted octanol–water partition coefficient (Wildman–Crippen LogP) is 5.59. The molecule has 1 atom stereocenters. The van der Waals surface area contributed by atoms with Gasteiger partial charge in [-0.1, -0.05) is 21.3 Å². The maximum Gasteiger partial charge on any atom is 0.223 e. The summed E-state index contributed by atoms with van der Waals surface area (Å²) >= 11 is 5.72. The van der Waals surface area contributed by atoms with Crippen molar-refractivity contribution >= 4 is 22.6 Å². The Morgan fingerprint density at radius 2 is 1.88 bits per heavy atom. The molecule has 0 bridgehead atoms. The number of nitrogens with zero attached hydrogens (tertiary/aromatic N) is 4. The van der Waals surface area contributed by atoms with Crippen molar-refractivity contribution in [1.29, 1.82) is 0 Å². The molecule has 0 fully saturated rings. The van der Waals surface area contributed by atoms with E-state index in [2.05, 4.69) is 21.9 Å². The van der Waals surface area contributed by atoms with Crippen molar-refractivity contribution in [3.8, 4) is 11.3 Å². The summed E-state index contributed by atoms with van der Waals surface area (Å²) in [5, 5.41) is -0.0798. The summed E-state index contributed by atoms with van der Waals surface area (Å²) in [6.45, 7) is 6.06. The summed E-state index contributed by atoms with van der Waals surface area (Å²) in [7, 11) is 0. The smallest absolute Gasteiger partial charge is 0.223 e. The van der Waals surface area contributed by atoms with Crippen molar-refractivity contribution < 1.29 is 8.78 Å². The van der Waals surface area contributed by atoms with Gasteiger partial charge in [-0.05, 0) is 37.1 Å². The van der Waals surface area contributed by atoms with E-state index in [1.807, 2.05) is 18.4 Å². The fourth-order valence-corrected chi connectivity index (χ4v) is 3.15. The molecule has 1 unspecified atom stereocenters. The van der Waals surface area contributed by atoms with Gasteiger partial charge in [0.25, 0.3) is 0 Å². The van der Waals surface area contributed by atoms with Crippen LogP contribution in [-0.4, -0.2) is 19.5 Å². The van der Waals surface area contributed by atoms with Crippen LogP contribution in [0.3, 0.4) is 0 Å². The standard InChI is InChI=1S/C15H11ClF2N4.C2H6.CH4/c1-7-2-3-12-20-14-9(17)4-8(5-11(14)22(7)12)13-10(18)6-19-15(16)21-13;1-2;/h4-7H,2-3H2,1H3;1-2H3;1H4. The van der Waals surface area contributed by atoms with Crippen LogP contribution < -0.4 is 0 Å². The van der Waals surface area contributed by atoms with E-state index in [1.54, 1.807) is 6.07 Å². The molecule has 25 heavy (non-hydrogen) atoms. The van der Waals surface area contributed by atoms with Crippen LogP contribution in [0, 0.1) is 11.6 Å². The summed E-state index contributed by atoms with van der Waals surface area (Å²) in [5.41, 5.74) is 1.28. The average molecular weight is 367 g/mol. The summed E-state index contributed by atoms with van der Waals surface area (Å²) in [4.78, 5) is 11.8. The van der Waals surface area contributed by atoms with Gasteiger partial charge < -0.3 is 4.57 Å². The van der Waals surface area contributed by atoms with Gasteiger partial charge in [-0.25, -0.2) is 23.7 Å². The Morgan fingerprint density at radius 3 is 2.60 bits per heavy atom. The van der Waals surface area contributed by atoms with E-state index >= 15 is 0 Å². The quantitative estimate of drug-likeness (QED) is 0.527. The summed E-state index contributed by atoms with van der Waals surface area (Å²) in [6, 6.07) is 3.18. The SMILES string of the molecule is C.CC.CC1CCc2nc3c(F)cc(-c4nc(Cl)ncc4F)cc3n21. The molecule has 3 aromatic rings. The van der Waals surface area contributed by atoms with Crippen molar-refractivity contribution in [2.75, 3.05) is 0 Å². The highest BCUT2D eigenvalue weighted by Gasteiger charge is 2.25. The fourth-order valence-electron chi connectivity index (χ4n) is 3.02. The molecule has 0 aliphatic carbocycles. The summed E-state index contributed by atoms with van der Waals surface area (Å²) in [6.07, 6.45) is 2.77. The third-order valence-corrected chi connectivity index (χ3v) is 4.22. The molecule has 0 saturated carbocycles. The van der Waals surface area contributed by atoms with Gasteiger partial charge in [-0.2, -0.15) is 0 Å². The van der Waals surface area contributed by atoms with Crippen molar-refractivity contribution in [1.82, 2.24) is 19.5 Å². The van der Waals surface area contributed by atoms with Crippen molar-refractivity contribution in [3.63, 3.8) is 0 Å². The van der Waals surface area contributed by atoms with E-state index in [0.717, 1.165) is 24.9 Å². The maximum absolute atomic E-state index is 14.4. The van der Waals surface area contributed by atoms with E-state index < -0.39 is 11.6 Å². The number of benzene rings is 1. The van der Waals surface area contributed by atoms with Crippen molar-refractivity contribution in [2.24, 2.45) is 0 Å². The Labute approximate surface area is 150 Å². The van der Waals surface area contributed by atoms with Crippen molar-refractivity contribution in [2.45, 2.75) is 47.1 Å². The Morgan fingerprint density at radius 1 is 1.16 bits per heavy atom. The van der Waals surface area contributed by atoms with Crippen LogP contribution in [0.4, 0.5) is 8.78 Å². The number of hydrogen-bond acceptors (Lipinski definition) is 3. The molecule has 2 aromatic heterocycles. The topological polar surface area (TPSA) is 43.6 Å². The van der Waals surface area contributed by atoms with Gasteiger partial charge in [0.1, 0.15) is 17.0 Å². The molecule has 1 aliphatic heterocycles. The van der Waals surface area contributed by atoms with E-state index in [0.29, 0.717) is 16.6 Å². The van der Waals surface area contributed by atoms with Crippen LogP contribution >= 0.6 is 11.6 Å². The van der Waals surface area contributed by atoms with Crippen molar-refractivity contribution in [3.05, 3.63) is 41.1 Å². The van der Waals surface area contributed by atoms with E-state index in [1.165, 1.54) is 6.07 Å². The molecule has 1 aromatic carbocycles. The van der Waals surface area contributed by atoms with Crippen LogP contribution in [0.1, 0.15) is 46.5 Å². The third-order valence-electron chi connectivity index (χ3n) is 4.04. The van der Waals surface area contributed by atoms with E-state index in [9.17, 15) is 8.78 Å². The zero-order chi connectivity index (χ0) is 17.4. The van der Waals surface area contributed by atoms with E-state index in [-0.39, 0.29) is 24.4 Å². The lowest BCUT2D eigenvalue weighted by molar-refractivity contribution is 0.595. The van der Waals surface area contributed by atoms with Gasteiger partial charge in [0.15, 0.2) is 11.6 Å². The molecule has 0 radical (unpaired) electrons. The highest BCUT2D eigenvalue weighted by molar-refractivity contribution is 6.28. The number of aromatic nitrogens is 4. The lowest BCUT2D eigenvalue weighted by Gasteiger charge is -2.09. The van der Waals surface area contributed by atoms with Crippen LogP contribution in [-0.2, 0) is 6.42 Å². The second kappa shape index (κ2) is 7.44. The molecule has 134 valence electrons. The maximum atomic E-state index is 14.4. The zero-order valence-electron chi connectivity index (χ0n) is 13.6. The monoisotopic (exact) mass is 366 g/mol. The number of hydrogen-bond donors (Lipinski definition) is 0. The van der Waals surface area contributed by atoms with Gasteiger partial charge in [-0.15, -0.1) is 0 Å². The molecule has 7 heteroatoms. The van der Waals surface area contributed by atoms with Crippen LogP contribution in [0.5, 0.6) is 0 Å². The molecule has 0 spiro atoms. The number of imidazole rings is 1. The number of halogens is 3. The molecule has 0 amide bonds. The first-order valence-electron chi connectivity index (χ1n) is 7.93. The van der Waals surface area contributed by atoms with Gasteiger partial charge in [0.05, 0.1) is 11.7 Å². The molecule has 4 nitrogen and oxygen atoms in total. The second-order valence-corrected chi connectivity index (χ2v) is 5.79. The second-order valence-electron chi connectivity index (χ2n) is 5.45. The van der Waals surface area contributed by atoms with Gasteiger partial charge in [-0.3, -0.25) is 0 Å². The van der Waals surface area contributed by atoms with Crippen LogP contribution in [0.25, 0.3) is 22.3 Å². The predicted molar refractivity (Wildman–Crippen MR) is 96.8 cm³/mol. The highest BCUT2D eigenvalue weighted by Crippen LogP contribution is 2.34. The summed E-state index contributed by atoms with van der Waals surface area (Å²) < 4.78 is 30.3. The first-order chi connectivity index (χ1) is 11.5. The molecule has 0 N–H and O–H groups in total. The van der Waals surface area contributed by atoms with Crippen LogP contribution in [0.2, 0.25) is 5.28 Å². The molecule has 3 heterocycles. The van der Waals surface area contributed by atoms with Gasteiger partial charge in [0, 0.05) is 18.0 Å². The third kappa shape index (κ3) is 3.23. The Hall–Kier alpha value is -2.08. The van der Waals surface area contributed by atoms with Crippen LogP contribution in [0.15, 0.2) is 18.3 Å².